The number of ketones is 1. The lowest BCUT2D eigenvalue weighted by Crippen LogP contribution is -2.14. The molecule has 4 nitrogen and oxygen atoms in total. The lowest BCUT2D eigenvalue weighted by molar-refractivity contribution is 0.102. The zero-order valence-corrected chi connectivity index (χ0v) is 12.2. The van der Waals surface area contributed by atoms with Crippen LogP contribution < -0.4 is 4.74 Å². The summed E-state index contributed by atoms with van der Waals surface area (Å²) in [6.07, 6.45) is 2.09. The van der Waals surface area contributed by atoms with Crippen molar-refractivity contribution in [1.82, 2.24) is 9.78 Å². The lowest BCUT2D eigenvalue weighted by Gasteiger charge is -2.08. The van der Waals surface area contributed by atoms with Crippen LogP contribution >= 0.6 is 11.6 Å². The fourth-order valence-corrected chi connectivity index (χ4v) is 2.10. The summed E-state index contributed by atoms with van der Waals surface area (Å²) in [7, 11) is 1.38. The predicted octanol–water partition coefficient (Wildman–Crippen LogP) is 3.46. The summed E-state index contributed by atoms with van der Waals surface area (Å²) in [5.74, 6) is -2.24. The quantitative estimate of drug-likeness (QED) is 0.627. The highest BCUT2D eigenvalue weighted by atomic mass is 35.5. The zero-order chi connectivity index (χ0) is 15.6. The first-order valence-electron chi connectivity index (χ1n) is 6.28. The van der Waals surface area contributed by atoms with Gasteiger partial charge in [0.05, 0.1) is 23.9 Å². The molecule has 2 rings (SSSR count). The van der Waals surface area contributed by atoms with Crippen molar-refractivity contribution in [1.29, 1.82) is 0 Å². The third kappa shape index (κ3) is 2.90. The third-order valence-electron chi connectivity index (χ3n) is 2.93. The number of ether oxygens (including phenoxy) is 1. The van der Waals surface area contributed by atoms with E-state index in [0.29, 0.717) is 6.54 Å². The van der Waals surface area contributed by atoms with Crippen molar-refractivity contribution < 1.29 is 18.3 Å². The van der Waals surface area contributed by atoms with Gasteiger partial charge in [-0.1, -0.05) is 18.5 Å². The normalized spacial score (nSPS) is 10.7. The van der Waals surface area contributed by atoms with E-state index < -0.39 is 23.0 Å². The number of methoxy groups -OCH3 is 1. The van der Waals surface area contributed by atoms with Gasteiger partial charge in [0.2, 0.25) is 5.78 Å². The van der Waals surface area contributed by atoms with E-state index in [1.54, 1.807) is 0 Å². The van der Waals surface area contributed by atoms with E-state index in [2.05, 4.69) is 5.10 Å². The second-order valence-electron chi connectivity index (χ2n) is 4.36. The van der Waals surface area contributed by atoms with E-state index in [9.17, 15) is 13.6 Å². The minimum Gasteiger partial charge on any atom is -0.493 e. The molecular weight excluding hydrogens is 302 g/mol. The Kier molecular flexibility index (Phi) is 4.57. The molecule has 0 fully saturated rings. The van der Waals surface area contributed by atoms with Gasteiger partial charge in [-0.3, -0.25) is 9.48 Å². The number of aromatic nitrogens is 2. The molecule has 0 radical (unpaired) electrons. The van der Waals surface area contributed by atoms with Crippen LogP contribution in [0, 0.1) is 11.6 Å². The summed E-state index contributed by atoms with van der Waals surface area (Å²) in [6.45, 7) is 2.37. The number of hydrogen-bond donors (Lipinski definition) is 0. The second-order valence-corrected chi connectivity index (χ2v) is 4.77. The van der Waals surface area contributed by atoms with Crippen LogP contribution in [0.5, 0.6) is 5.75 Å². The summed E-state index contributed by atoms with van der Waals surface area (Å²) in [4.78, 5) is 12.5. The summed E-state index contributed by atoms with van der Waals surface area (Å²) in [5, 5.41) is 3.64. The van der Waals surface area contributed by atoms with Crippen molar-refractivity contribution in [3.8, 4) is 5.75 Å². The maximum atomic E-state index is 13.9. The Morgan fingerprint density at radius 1 is 1.38 bits per heavy atom. The fourth-order valence-electron chi connectivity index (χ4n) is 1.95. The maximum absolute atomic E-state index is 13.9. The topological polar surface area (TPSA) is 44.1 Å². The Morgan fingerprint density at radius 3 is 2.71 bits per heavy atom. The zero-order valence-electron chi connectivity index (χ0n) is 11.5. The van der Waals surface area contributed by atoms with E-state index in [1.807, 2.05) is 6.92 Å². The van der Waals surface area contributed by atoms with Crippen LogP contribution in [0.4, 0.5) is 8.78 Å². The molecule has 0 unspecified atom stereocenters. The molecule has 7 heteroatoms. The van der Waals surface area contributed by atoms with Gasteiger partial charge in [-0.25, -0.2) is 8.78 Å². The molecule has 1 aromatic heterocycles. The van der Waals surface area contributed by atoms with Crippen LogP contribution in [0.15, 0.2) is 18.3 Å². The first kappa shape index (κ1) is 15.4. The molecule has 0 aliphatic heterocycles. The van der Waals surface area contributed by atoms with Gasteiger partial charge in [0.15, 0.2) is 11.4 Å². The molecule has 1 aromatic carbocycles. The second kappa shape index (κ2) is 6.22. The Balaban J connectivity index is 2.54. The van der Waals surface area contributed by atoms with Gasteiger partial charge in [0.25, 0.3) is 0 Å². The van der Waals surface area contributed by atoms with Crippen LogP contribution in [-0.4, -0.2) is 22.7 Å². The van der Waals surface area contributed by atoms with Crippen molar-refractivity contribution in [3.63, 3.8) is 0 Å². The average Bonchev–Trinajstić information content (AvgIpc) is 2.85. The van der Waals surface area contributed by atoms with Gasteiger partial charge >= 0.3 is 0 Å². The van der Waals surface area contributed by atoms with Crippen LogP contribution in [0.1, 0.15) is 29.4 Å². The maximum Gasteiger partial charge on any atom is 0.217 e. The van der Waals surface area contributed by atoms with E-state index >= 15 is 0 Å². The summed E-state index contributed by atoms with van der Waals surface area (Å²) >= 11 is 5.49. The van der Waals surface area contributed by atoms with E-state index in [0.717, 1.165) is 18.6 Å². The number of hydrogen-bond acceptors (Lipinski definition) is 3. The van der Waals surface area contributed by atoms with Crippen LogP contribution in [-0.2, 0) is 6.54 Å². The number of aryl methyl sites for hydroxylation is 1. The molecule has 0 amide bonds. The molecule has 21 heavy (non-hydrogen) atoms. The Bertz CT molecular complexity index is 686. The molecule has 0 saturated carbocycles. The number of carbonyl (C=O) groups excluding carboxylic acids is 1. The SMILES string of the molecule is CCCn1ncc(OC)c1C(=O)c1cc(F)c(Cl)cc1F. The molecule has 0 bridgehead atoms. The number of benzene rings is 1. The molecule has 112 valence electrons. The van der Waals surface area contributed by atoms with Crippen molar-refractivity contribution in [2.45, 2.75) is 19.9 Å². The van der Waals surface area contributed by atoms with Crippen molar-refractivity contribution in [2.75, 3.05) is 7.11 Å². The number of carbonyl (C=O) groups is 1. The Labute approximate surface area is 125 Å². The number of rotatable bonds is 5. The summed E-state index contributed by atoms with van der Waals surface area (Å²) in [5.41, 5.74) is -0.326. The van der Waals surface area contributed by atoms with Gasteiger partial charge in [0, 0.05) is 6.54 Å². The molecule has 0 aliphatic rings. The van der Waals surface area contributed by atoms with Gasteiger partial charge in [-0.05, 0) is 18.6 Å². The molecule has 0 spiro atoms. The van der Waals surface area contributed by atoms with Gasteiger partial charge in [0.1, 0.15) is 11.6 Å². The largest absolute Gasteiger partial charge is 0.493 e. The fraction of sp³-hybridized carbons (Fsp3) is 0.286. The molecule has 0 atom stereocenters. The van der Waals surface area contributed by atoms with E-state index in [4.69, 9.17) is 16.3 Å². The first-order valence-corrected chi connectivity index (χ1v) is 6.66. The predicted molar refractivity (Wildman–Crippen MR) is 73.9 cm³/mol. The summed E-state index contributed by atoms with van der Waals surface area (Å²) < 4.78 is 33.8. The van der Waals surface area contributed by atoms with Crippen LogP contribution in [0.2, 0.25) is 5.02 Å². The highest BCUT2D eigenvalue weighted by Gasteiger charge is 2.24. The minimum absolute atomic E-state index is 0.0833. The van der Waals surface area contributed by atoms with Crippen molar-refractivity contribution >= 4 is 17.4 Å². The molecule has 1 heterocycles. The van der Waals surface area contributed by atoms with Crippen molar-refractivity contribution in [3.05, 3.63) is 46.2 Å². The minimum atomic E-state index is -0.891. The van der Waals surface area contributed by atoms with Crippen LogP contribution in [0.25, 0.3) is 0 Å². The van der Waals surface area contributed by atoms with Crippen LogP contribution in [0.3, 0.4) is 0 Å². The average molecular weight is 315 g/mol. The monoisotopic (exact) mass is 314 g/mol. The lowest BCUT2D eigenvalue weighted by atomic mass is 10.1. The Hall–Kier alpha value is -1.95. The standard InChI is InChI=1S/C14H13ClF2N2O2/c1-3-4-19-13(12(21-2)7-18-19)14(20)8-5-11(17)9(15)6-10(8)16/h5-7H,3-4H2,1-2H3. The van der Waals surface area contributed by atoms with Gasteiger partial charge in [-0.2, -0.15) is 5.10 Å². The molecule has 0 aliphatic carbocycles. The molecular formula is C14H13ClF2N2O2. The Morgan fingerprint density at radius 2 is 2.10 bits per heavy atom. The molecule has 2 aromatic rings. The highest BCUT2D eigenvalue weighted by molar-refractivity contribution is 6.30. The van der Waals surface area contributed by atoms with Gasteiger partial charge in [-0.15, -0.1) is 0 Å². The molecule has 0 N–H and O–H groups in total. The first-order chi connectivity index (χ1) is 9.99. The van der Waals surface area contributed by atoms with E-state index in [-0.39, 0.29) is 16.5 Å². The number of nitrogens with zero attached hydrogens (tertiary/aromatic N) is 2. The highest BCUT2D eigenvalue weighted by Crippen LogP contribution is 2.25. The van der Waals surface area contributed by atoms with Gasteiger partial charge < -0.3 is 4.74 Å². The third-order valence-corrected chi connectivity index (χ3v) is 3.22. The summed E-state index contributed by atoms with van der Waals surface area (Å²) in [6, 6.07) is 1.56. The molecule has 0 saturated heterocycles. The van der Waals surface area contributed by atoms with Crippen molar-refractivity contribution in [2.24, 2.45) is 0 Å². The van der Waals surface area contributed by atoms with E-state index in [1.165, 1.54) is 18.0 Å². The smallest absolute Gasteiger partial charge is 0.217 e. The number of halogens is 3.